The molecule has 0 aromatic heterocycles. The Balaban J connectivity index is 0.000000640. The zero-order valence-electron chi connectivity index (χ0n) is 5.81. The van der Waals surface area contributed by atoms with Crippen LogP contribution in [-0.4, -0.2) is 0 Å². The Labute approximate surface area is 98.1 Å². The van der Waals surface area contributed by atoms with Crippen molar-refractivity contribution in [2.45, 2.75) is 6.92 Å². The van der Waals surface area contributed by atoms with Crippen molar-refractivity contribution in [2.24, 2.45) is 0 Å². The van der Waals surface area contributed by atoms with E-state index in [2.05, 4.69) is 0 Å². The maximum Gasteiger partial charge on any atom is 1.00 e. The van der Waals surface area contributed by atoms with Gasteiger partial charge in [0.25, 0.3) is 0 Å². The Kier molecular flexibility index (Phi) is 4.79. The van der Waals surface area contributed by atoms with Gasteiger partial charge in [0.05, 0.1) is 0 Å². The molecule has 0 aliphatic carbocycles. The summed E-state index contributed by atoms with van der Waals surface area (Å²) in [7, 11) is 0. The first-order chi connectivity index (χ1) is 3.80. The number of hydrogen-bond donors (Lipinski definition) is 0. The smallest absolute Gasteiger partial charge is 0.699 e. The van der Waals surface area contributed by atoms with Gasteiger partial charge in [-0.2, -0.15) is 0 Å². The van der Waals surface area contributed by atoms with Gasteiger partial charge in [-0.1, -0.05) is 29.8 Å². The summed E-state index contributed by atoms with van der Waals surface area (Å²) in [5.41, 5.74) is 8.87. The Morgan fingerprint density at radius 1 is 1.22 bits per heavy atom. The molecule has 1 aromatic rings. The van der Waals surface area contributed by atoms with Crippen LogP contribution >= 0.6 is 0 Å². The molecule has 0 radical (unpaired) electrons. The van der Waals surface area contributed by atoms with Crippen molar-refractivity contribution in [3.63, 3.8) is 0 Å². The standard InChI is InChI=1S/C7H8N.K/c1-6-4-2-3-5-7(6)8;/h2-5,8H,1H3;/q-1;+1. The molecule has 0 aliphatic rings. The van der Waals surface area contributed by atoms with Gasteiger partial charge in [0.1, 0.15) is 0 Å². The molecule has 0 spiro atoms. The van der Waals surface area contributed by atoms with E-state index in [9.17, 15) is 0 Å². The van der Waals surface area contributed by atoms with Crippen molar-refractivity contribution in [2.75, 3.05) is 0 Å². The molecule has 1 N–H and O–H groups in total. The summed E-state index contributed by atoms with van der Waals surface area (Å²) in [6.45, 7) is 1.93. The van der Waals surface area contributed by atoms with E-state index in [1.807, 2.05) is 25.1 Å². The third-order valence-corrected chi connectivity index (χ3v) is 1.15. The molecule has 42 valence electrons. The van der Waals surface area contributed by atoms with E-state index < -0.39 is 0 Å². The van der Waals surface area contributed by atoms with Gasteiger partial charge in [-0.05, 0) is 6.92 Å². The van der Waals surface area contributed by atoms with Gasteiger partial charge in [-0.25, -0.2) is 0 Å². The van der Waals surface area contributed by atoms with Crippen molar-refractivity contribution in [1.82, 2.24) is 0 Å². The molecule has 0 saturated heterocycles. The Hall–Kier alpha value is 0.656. The van der Waals surface area contributed by atoms with E-state index in [1.165, 1.54) is 0 Å². The Morgan fingerprint density at radius 3 is 2.11 bits per heavy atom. The molecule has 0 fully saturated rings. The molecule has 0 bridgehead atoms. The predicted molar refractivity (Wildman–Crippen MR) is 35.2 cm³/mol. The van der Waals surface area contributed by atoms with E-state index in [-0.39, 0.29) is 51.4 Å². The van der Waals surface area contributed by atoms with Gasteiger partial charge < -0.3 is 5.73 Å². The van der Waals surface area contributed by atoms with Crippen LogP contribution in [0.15, 0.2) is 24.3 Å². The Morgan fingerprint density at radius 2 is 1.78 bits per heavy atom. The second kappa shape index (κ2) is 4.47. The van der Waals surface area contributed by atoms with Crippen LogP contribution in [0.5, 0.6) is 0 Å². The summed E-state index contributed by atoms with van der Waals surface area (Å²) < 4.78 is 0. The fourth-order valence-electron chi connectivity index (χ4n) is 0.573. The van der Waals surface area contributed by atoms with Gasteiger partial charge >= 0.3 is 51.4 Å². The molecule has 0 atom stereocenters. The van der Waals surface area contributed by atoms with Crippen LogP contribution < -0.4 is 51.4 Å². The fourth-order valence-corrected chi connectivity index (χ4v) is 0.573. The van der Waals surface area contributed by atoms with Gasteiger partial charge in [-0.3, -0.25) is 0 Å². The largest absolute Gasteiger partial charge is 1.00 e. The summed E-state index contributed by atoms with van der Waals surface area (Å²) in [5.74, 6) is 0. The van der Waals surface area contributed by atoms with Crippen molar-refractivity contribution in [1.29, 1.82) is 0 Å². The third kappa shape index (κ3) is 2.82. The van der Waals surface area contributed by atoms with Crippen molar-refractivity contribution >= 4 is 5.69 Å². The zero-order chi connectivity index (χ0) is 5.98. The monoisotopic (exact) mass is 145 g/mol. The second-order valence-electron chi connectivity index (χ2n) is 1.81. The molecular formula is C7H8KN. The van der Waals surface area contributed by atoms with Crippen LogP contribution in [0.2, 0.25) is 0 Å². The Bertz CT molecular complexity index is 165. The average molecular weight is 145 g/mol. The molecule has 0 unspecified atom stereocenters. The van der Waals surface area contributed by atoms with Crippen LogP contribution in [0.4, 0.5) is 5.69 Å². The third-order valence-electron chi connectivity index (χ3n) is 1.15. The number of rotatable bonds is 0. The normalized spacial score (nSPS) is 8.11. The second-order valence-corrected chi connectivity index (χ2v) is 1.81. The summed E-state index contributed by atoms with van der Waals surface area (Å²) >= 11 is 0. The van der Waals surface area contributed by atoms with Crippen LogP contribution in [-0.2, 0) is 0 Å². The molecular weight excluding hydrogens is 137 g/mol. The van der Waals surface area contributed by atoms with E-state index in [0.29, 0.717) is 5.69 Å². The quantitative estimate of drug-likeness (QED) is 0.447. The van der Waals surface area contributed by atoms with Crippen molar-refractivity contribution in [3.8, 4) is 0 Å². The molecule has 2 heteroatoms. The summed E-state index contributed by atoms with van der Waals surface area (Å²) in [6.07, 6.45) is 0. The average Bonchev–Trinajstić information content (AvgIpc) is 1.77. The van der Waals surface area contributed by atoms with Gasteiger partial charge in [0.2, 0.25) is 0 Å². The van der Waals surface area contributed by atoms with Gasteiger partial charge in [0.15, 0.2) is 0 Å². The first-order valence-corrected chi connectivity index (χ1v) is 2.58. The van der Waals surface area contributed by atoms with Crippen LogP contribution in [0, 0.1) is 6.92 Å². The molecule has 0 saturated carbocycles. The fraction of sp³-hybridized carbons (Fsp3) is 0.143. The maximum atomic E-state index is 7.22. The topological polar surface area (TPSA) is 23.8 Å². The number of hydrogen-bond acceptors (Lipinski definition) is 0. The van der Waals surface area contributed by atoms with E-state index >= 15 is 0 Å². The van der Waals surface area contributed by atoms with Crippen molar-refractivity contribution in [3.05, 3.63) is 35.6 Å². The summed E-state index contributed by atoms with van der Waals surface area (Å²) in [4.78, 5) is 0. The van der Waals surface area contributed by atoms with Crippen LogP contribution in [0.3, 0.4) is 0 Å². The number of benzene rings is 1. The minimum atomic E-state index is 0. The number of aryl methyl sites for hydroxylation is 1. The van der Waals surface area contributed by atoms with Gasteiger partial charge in [0, 0.05) is 0 Å². The van der Waals surface area contributed by atoms with Crippen LogP contribution in [0.1, 0.15) is 5.56 Å². The van der Waals surface area contributed by atoms with E-state index in [4.69, 9.17) is 5.73 Å². The minimum absolute atomic E-state index is 0. The van der Waals surface area contributed by atoms with Crippen molar-refractivity contribution < 1.29 is 51.4 Å². The summed E-state index contributed by atoms with van der Waals surface area (Å²) in [5, 5.41) is 0. The first-order valence-electron chi connectivity index (χ1n) is 2.58. The van der Waals surface area contributed by atoms with E-state index in [1.54, 1.807) is 6.07 Å². The molecule has 1 aromatic carbocycles. The SMILES string of the molecule is Cc1ccccc1[NH-].[K+]. The zero-order valence-corrected chi connectivity index (χ0v) is 8.93. The first kappa shape index (κ1) is 9.66. The van der Waals surface area contributed by atoms with E-state index in [0.717, 1.165) is 5.56 Å². The predicted octanol–water partition coefficient (Wildman–Crippen LogP) is -0.317. The molecule has 0 heterocycles. The van der Waals surface area contributed by atoms with Crippen LogP contribution in [0.25, 0.3) is 5.73 Å². The van der Waals surface area contributed by atoms with Gasteiger partial charge in [-0.15, -0.1) is 5.69 Å². The molecule has 0 aliphatic heterocycles. The molecule has 1 nitrogen and oxygen atoms in total. The number of nitrogens with one attached hydrogen (secondary N) is 1. The molecule has 1 rings (SSSR count). The molecule has 9 heavy (non-hydrogen) atoms. The summed E-state index contributed by atoms with van der Waals surface area (Å²) in [6, 6.07) is 7.53. The minimum Gasteiger partial charge on any atom is -0.699 e. The molecule has 0 amide bonds. The maximum absolute atomic E-state index is 7.22.